The molecule has 1 aliphatic carbocycles. The summed E-state index contributed by atoms with van der Waals surface area (Å²) in [6.45, 7) is 2.76. The molecular weight excluding hydrogens is 272 g/mol. The van der Waals surface area contributed by atoms with E-state index >= 15 is 0 Å². The van der Waals surface area contributed by atoms with Gasteiger partial charge in [-0.1, -0.05) is 13.3 Å². The second-order valence-corrected chi connectivity index (χ2v) is 5.18. The summed E-state index contributed by atoms with van der Waals surface area (Å²) in [5.74, 6) is 0.208. The van der Waals surface area contributed by atoms with Crippen LogP contribution in [-0.4, -0.2) is 40.3 Å². The number of amides is 1. The number of pyridine rings is 1. The van der Waals surface area contributed by atoms with Crippen LogP contribution in [0.3, 0.4) is 0 Å². The van der Waals surface area contributed by atoms with Crippen molar-refractivity contribution in [3.05, 3.63) is 27.9 Å². The average Bonchev–Trinajstić information content (AvgIpc) is 3.31. The van der Waals surface area contributed by atoms with Crippen LogP contribution in [0.5, 0.6) is 0 Å². The molecule has 0 saturated heterocycles. The van der Waals surface area contributed by atoms with Crippen molar-refractivity contribution in [2.75, 3.05) is 18.9 Å². The molecule has 2 rings (SSSR count). The van der Waals surface area contributed by atoms with Gasteiger partial charge in [-0.15, -0.1) is 0 Å². The van der Waals surface area contributed by atoms with Crippen LogP contribution < -0.4 is 5.32 Å². The average molecular weight is 292 g/mol. The predicted molar refractivity (Wildman–Crippen MR) is 79.4 cm³/mol. The van der Waals surface area contributed by atoms with E-state index in [1.165, 1.54) is 6.07 Å². The number of carbonyl (C=O) groups excluding carboxylic acids is 1. The number of aromatic nitrogens is 1. The molecular formula is C14H20N4O3. The zero-order valence-electron chi connectivity index (χ0n) is 12.3. The van der Waals surface area contributed by atoms with Crippen molar-refractivity contribution in [2.45, 2.75) is 38.6 Å². The zero-order chi connectivity index (χ0) is 15.4. The van der Waals surface area contributed by atoms with Gasteiger partial charge >= 0.3 is 0 Å². The van der Waals surface area contributed by atoms with Gasteiger partial charge in [0.25, 0.3) is 11.6 Å². The van der Waals surface area contributed by atoms with Gasteiger partial charge in [-0.3, -0.25) is 14.9 Å². The third-order valence-corrected chi connectivity index (χ3v) is 3.55. The summed E-state index contributed by atoms with van der Waals surface area (Å²) in [5, 5.41) is 13.7. The first-order valence-electron chi connectivity index (χ1n) is 7.21. The Hall–Kier alpha value is -2.18. The van der Waals surface area contributed by atoms with Gasteiger partial charge in [0, 0.05) is 25.7 Å². The van der Waals surface area contributed by atoms with Crippen LogP contribution in [-0.2, 0) is 0 Å². The van der Waals surface area contributed by atoms with Gasteiger partial charge in [0.2, 0.25) is 0 Å². The maximum Gasteiger partial charge on any atom is 0.288 e. The molecule has 0 bridgehead atoms. The topological polar surface area (TPSA) is 88.4 Å². The summed E-state index contributed by atoms with van der Waals surface area (Å²) in [5.41, 5.74) is 0.110. The highest BCUT2D eigenvalue weighted by Gasteiger charge is 2.34. The molecule has 1 aliphatic rings. The van der Waals surface area contributed by atoms with Crippen molar-refractivity contribution >= 4 is 17.4 Å². The van der Waals surface area contributed by atoms with E-state index in [1.807, 2.05) is 4.90 Å². The van der Waals surface area contributed by atoms with Crippen LogP contribution in [0.4, 0.5) is 11.5 Å². The van der Waals surface area contributed by atoms with E-state index in [9.17, 15) is 14.9 Å². The van der Waals surface area contributed by atoms with Gasteiger partial charge in [-0.25, -0.2) is 4.98 Å². The van der Waals surface area contributed by atoms with Gasteiger partial charge in [0.15, 0.2) is 0 Å². The Morgan fingerprint density at radius 2 is 2.29 bits per heavy atom. The molecule has 114 valence electrons. The third kappa shape index (κ3) is 3.48. The number of nitro groups is 1. The lowest BCUT2D eigenvalue weighted by Crippen LogP contribution is -2.34. The second-order valence-electron chi connectivity index (χ2n) is 5.18. The quantitative estimate of drug-likeness (QED) is 0.616. The summed E-state index contributed by atoms with van der Waals surface area (Å²) in [4.78, 5) is 28.9. The third-order valence-electron chi connectivity index (χ3n) is 3.55. The van der Waals surface area contributed by atoms with Crippen molar-refractivity contribution in [2.24, 2.45) is 0 Å². The van der Waals surface area contributed by atoms with E-state index in [2.05, 4.69) is 17.2 Å². The molecule has 1 saturated carbocycles. The fraction of sp³-hybridized carbons (Fsp3) is 0.571. The van der Waals surface area contributed by atoms with Crippen LogP contribution in [0.25, 0.3) is 0 Å². The molecule has 1 N–H and O–H groups in total. The molecule has 0 spiro atoms. The number of unbranched alkanes of at least 4 members (excludes halogenated alkanes) is 1. The standard InChI is InChI=1S/C14H20N4O3/c1-3-4-7-17(10-5-6-10)14(19)12-8-11(18(20)21)9-16-13(12)15-2/h8-10H,3-7H2,1-2H3,(H,15,16). The van der Waals surface area contributed by atoms with Crippen LogP contribution in [0.15, 0.2) is 12.3 Å². The van der Waals surface area contributed by atoms with E-state index in [-0.39, 0.29) is 23.2 Å². The van der Waals surface area contributed by atoms with E-state index in [0.29, 0.717) is 12.4 Å². The number of hydrogen-bond donors (Lipinski definition) is 1. The minimum absolute atomic E-state index is 0.163. The van der Waals surface area contributed by atoms with Gasteiger partial charge in [0.1, 0.15) is 12.0 Å². The predicted octanol–water partition coefficient (Wildman–Crippen LogP) is 2.44. The van der Waals surface area contributed by atoms with Gasteiger partial charge in [0.05, 0.1) is 10.5 Å². The Kier molecular flexibility index (Phi) is 4.72. The monoisotopic (exact) mass is 292 g/mol. The van der Waals surface area contributed by atoms with Gasteiger partial charge < -0.3 is 10.2 Å². The molecule has 1 amide bonds. The lowest BCUT2D eigenvalue weighted by Gasteiger charge is -2.23. The lowest BCUT2D eigenvalue weighted by atomic mass is 10.2. The number of rotatable bonds is 7. The first kappa shape index (κ1) is 15.2. The maximum absolute atomic E-state index is 12.7. The minimum atomic E-state index is -0.531. The van der Waals surface area contributed by atoms with Crippen molar-refractivity contribution in [3.63, 3.8) is 0 Å². The largest absolute Gasteiger partial charge is 0.372 e. The first-order valence-corrected chi connectivity index (χ1v) is 7.21. The number of nitrogens with one attached hydrogen (secondary N) is 1. The lowest BCUT2D eigenvalue weighted by molar-refractivity contribution is -0.385. The molecule has 1 aromatic rings. The molecule has 0 radical (unpaired) electrons. The highest BCUT2D eigenvalue weighted by atomic mass is 16.6. The second kappa shape index (κ2) is 6.51. The van der Waals surface area contributed by atoms with Crippen molar-refractivity contribution < 1.29 is 9.72 Å². The van der Waals surface area contributed by atoms with E-state index in [1.54, 1.807) is 7.05 Å². The Bertz CT molecular complexity index is 543. The molecule has 7 heteroatoms. The summed E-state index contributed by atoms with van der Waals surface area (Å²) in [6, 6.07) is 1.58. The van der Waals surface area contributed by atoms with Crippen LogP contribution in [0, 0.1) is 10.1 Å². The first-order chi connectivity index (χ1) is 10.1. The van der Waals surface area contributed by atoms with Crippen molar-refractivity contribution in [1.29, 1.82) is 0 Å². The fourth-order valence-electron chi connectivity index (χ4n) is 2.24. The van der Waals surface area contributed by atoms with Crippen LogP contribution in [0.2, 0.25) is 0 Å². The van der Waals surface area contributed by atoms with Crippen molar-refractivity contribution in [3.8, 4) is 0 Å². The van der Waals surface area contributed by atoms with E-state index in [4.69, 9.17) is 0 Å². The van der Waals surface area contributed by atoms with Gasteiger partial charge in [-0.05, 0) is 19.3 Å². The number of carbonyl (C=O) groups is 1. The molecule has 0 aliphatic heterocycles. The van der Waals surface area contributed by atoms with Crippen molar-refractivity contribution in [1.82, 2.24) is 9.88 Å². The molecule has 0 unspecified atom stereocenters. The van der Waals surface area contributed by atoms with E-state index < -0.39 is 4.92 Å². The fourth-order valence-corrected chi connectivity index (χ4v) is 2.24. The number of hydrogen-bond acceptors (Lipinski definition) is 5. The molecule has 1 heterocycles. The van der Waals surface area contributed by atoms with Crippen LogP contribution in [0.1, 0.15) is 43.0 Å². The number of nitrogens with zero attached hydrogens (tertiary/aromatic N) is 3. The highest BCUT2D eigenvalue weighted by Crippen LogP contribution is 2.30. The summed E-state index contributed by atoms with van der Waals surface area (Å²) in [7, 11) is 1.65. The zero-order valence-corrected chi connectivity index (χ0v) is 12.3. The normalized spacial score (nSPS) is 13.8. The number of anilines is 1. The smallest absolute Gasteiger partial charge is 0.288 e. The summed E-state index contributed by atoms with van der Waals surface area (Å²) >= 11 is 0. The Morgan fingerprint density at radius 3 is 2.81 bits per heavy atom. The molecule has 1 fully saturated rings. The Morgan fingerprint density at radius 1 is 1.57 bits per heavy atom. The molecule has 0 aromatic carbocycles. The SMILES string of the molecule is CCCCN(C(=O)c1cc([N+](=O)[O-])cnc1NC)C1CC1. The minimum Gasteiger partial charge on any atom is -0.372 e. The van der Waals surface area contributed by atoms with Crippen LogP contribution >= 0.6 is 0 Å². The van der Waals surface area contributed by atoms with Gasteiger partial charge in [-0.2, -0.15) is 0 Å². The Balaban J connectivity index is 2.30. The summed E-state index contributed by atoms with van der Waals surface area (Å²) in [6.07, 6.45) is 5.11. The molecule has 1 aromatic heterocycles. The molecule has 21 heavy (non-hydrogen) atoms. The Labute approximate surface area is 123 Å². The van der Waals surface area contributed by atoms with E-state index in [0.717, 1.165) is 31.9 Å². The maximum atomic E-state index is 12.7. The molecule has 7 nitrogen and oxygen atoms in total. The summed E-state index contributed by atoms with van der Waals surface area (Å²) < 4.78 is 0. The molecule has 0 atom stereocenters. The highest BCUT2D eigenvalue weighted by molar-refractivity contribution is 5.99.